The summed E-state index contributed by atoms with van der Waals surface area (Å²) in [6.07, 6.45) is 10.5. The van der Waals surface area contributed by atoms with Gasteiger partial charge in [0.1, 0.15) is 0 Å². The lowest BCUT2D eigenvalue weighted by molar-refractivity contribution is 0.565. The minimum Gasteiger partial charge on any atom is -0.0654 e. The van der Waals surface area contributed by atoms with E-state index in [4.69, 9.17) is 0 Å². The van der Waals surface area contributed by atoms with Gasteiger partial charge in [-0.15, -0.1) is 0 Å². The molecule has 4 aromatic carbocycles. The van der Waals surface area contributed by atoms with E-state index >= 15 is 0 Å². The number of rotatable bonds is 13. The smallest absolute Gasteiger partial charge is 0.0102 e. The van der Waals surface area contributed by atoms with Crippen molar-refractivity contribution < 1.29 is 0 Å². The van der Waals surface area contributed by atoms with E-state index in [1.165, 1.54) is 78.3 Å². The minimum absolute atomic E-state index is 0.333. The second kappa shape index (κ2) is 14.2. The molecule has 0 fully saturated rings. The van der Waals surface area contributed by atoms with Gasteiger partial charge < -0.3 is 0 Å². The van der Waals surface area contributed by atoms with Crippen molar-refractivity contribution in [3.63, 3.8) is 0 Å². The van der Waals surface area contributed by atoms with Crippen LogP contribution in [0.5, 0.6) is 0 Å². The van der Waals surface area contributed by atoms with Crippen molar-refractivity contribution >= 4 is 11.1 Å². The van der Waals surface area contributed by atoms with Gasteiger partial charge in [0, 0.05) is 5.92 Å². The molecule has 0 heteroatoms. The Labute approximate surface area is 218 Å². The molecule has 0 amide bonds. The third-order valence-corrected chi connectivity index (χ3v) is 7.13. The molecule has 0 aromatic heterocycles. The quantitative estimate of drug-likeness (QED) is 0.134. The molecule has 0 nitrogen and oxygen atoms in total. The molecule has 184 valence electrons. The van der Waals surface area contributed by atoms with Gasteiger partial charge in [-0.05, 0) is 39.8 Å². The highest BCUT2D eigenvalue weighted by atomic mass is 14.3. The fourth-order valence-electron chi connectivity index (χ4n) is 5.29. The summed E-state index contributed by atoms with van der Waals surface area (Å²) >= 11 is 0. The van der Waals surface area contributed by atoms with E-state index in [1.807, 2.05) is 0 Å². The second-order valence-corrected chi connectivity index (χ2v) is 9.76. The summed E-state index contributed by atoms with van der Waals surface area (Å²) in [5, 5.41) is 0. The number of unbranched alkanes of at least 4 members (excludes halogenated alkanes) is 6. The van der Waals surface area contributed by atoms with Crippen LogP contribution in [0.3, 0.4) is 0 Å². The lowest BCUT2D eigenvalue weighted by Crippen LogP contribution is -2.07. The van der Waals surface area contributed by atoms with Crippen LogP contribution in [0.2, 0.25) is 0 Å². The summed E-state index contributed by atoms with van der Waals surface area (Å²) in [7, 11) is 0. The van der Waals surface area contributed by atoms with Crippen LogP contribution in [-0.2, 0) is 0 Å². The zero-order chi connectivity index (χ0) is 24.8. The summed E-state index contributed by atoms with van der Waals surface area (Å²) in [6, 6.07) is 44.2. The van der Waals surface area contributed by atoms with Gasteiger partial charge in [-0.25, -0.2) is 0 Å². The highest BCUT2D eigenvalue weighted by molar-refractivity contribution is 6.00. The first-order valence-corrected chi connectivity index (χ1v) is 13.8. The number of benzene rings is 4. The SMILES string of the molecule is CCCCCCCCCC(C(=C(c1ccccc1)c1ccccc1)c1ccccc1)c1ccccc1. The van der Waals surface area contributed by atoms with Crippen molar-refractivity contribution in [1.82, 2.24) is 0 Å². The van der Waals surface area contributed by atoms with E-state index in [9.17, 15) is 0 Å². The third kappa shape index (κ3) is 7.08. The molecule has 4 aromatic rings. The van der Waals surface area contributed by atoms with Crippen molar-refractivity contribution in [2.24, 2.45) is 0 Å². The molecule has 1 atom stereocenters. The first kappa shape index (κ1) is 25.7. The van der Waals surface area contributed by atoms with Crippen LogP contribution in [-0.4, -0.2) is 0 Å². The van der Waals surface area contributed by atoms with Gasteiger partial charge in [-0.1, -0.05) is 173 Å². The monoisotopic (exact) mass is 472 g/mol. The average Bonchev–Trinajstić information content (AvgIpc) is 2.95. The first-order chi connectivity index (χ1) is 17.9. The van der Waals surface area contributed by atoms with E-state index in [0.29, 0.717) is 5.92 Å². The standard InChI is InChI=1S/C36H40/c1-2-3-4-5-6-7-20-29-34(30-21-12-8-13-22-30)36(33-27-18-11-19-28-33)35(31-23-14-9-15-24-31)32-25-16-10-17-26-32/h8-19,21-28,34H,2-7,20,29H2,1H3. The molecule has 0 aliphatic rings. The topological polar surface area (TPSA) is 0 Å². The third-order valence-electron chi connectivity index (χ3n) is 7.13. The van der Waals surface area contributed by atoms with Crippen LogP contribution >= 0.6 is 0 Å². The van der Waals surface area contributed by atoms with E-state index in [2.05, 4.69) is 128 Å². The van der Waals surface area contributed by atoms with Gasteiger partial charge in [-0.2, -0.15) is 0 Å². The van der Waals surface area contributed by atoms with Crippen molar-refractivity contribution in [1.29, 1.82) is 0 Å². The summed E-state index contributed by atoms with van der Waals surface area (Å²) in [5.41, 5.74) is 8.07. The highest BCUT2D eigenvalue weighted by Gasteiger charge is 2.23. The molecule has 0 heterocycles. The van der Waals surface area contributed by atoms with Crippen molar-refractivity contribution in [3.05, 3.63) is 144 Å². The molecule has 0 spiro atoms. The van der Waals surface area contributed by atoms with Crippen molar-refractivity contribution in [2.45, 2.75) is 64.2 Å². The Bertz CT molecular complexity index is 1120. The van der Waals surface area contributed by atoms with Gasteiger partial charge in [0.2, 0.25) is 0 Å². The molecule has 0 saturated heterocycles. The molecule has 1 unspecified atom stereocenters. The normalized spacial score (nSPS) is 11.7. The van der Waals surface area contributed by atoms with Gasteiger partial charge in [-0.3, -0.25) is 0 Å². The fraction of sp³-hybridized carbons (Fsp3) is 0.278. The molecule has 0 saturated carbocycles. The van der Waals surface area contributed by atoms with E-state index in [1.54, 1.807) is 0 Å². The lowest BCUT2D eigenvalue weighted by atomic mass is 9.77. The van der Waals surface area contributed by atoms with Gasteiger partial charge >= 0.3 is 0 Å². The van der Waals surface area contributed by atoms with Gasteiger partial charge in [0.25, 0.3) is 0 Å². The fourth-order valence-corrected chi connectivity index (χ4v) is 5.29. The molecule has 4 rings (SSSR count). The first-order valence-electron chi connectivity index (χ1n) is 13.8. The van der Waals surface area contributed by atoms with Gasteiger partial charge in [0.15, 0.2) is 0 Å². The van der Waals surface area contributed by atoms with Crippen LogP contribution in [0.15, 0.2) is 121 Å². The largest absolute Gasteiger partial charge is 0.0654 e. The predicted molar refractivity (Wildman–Crippen MR) is 157 cm³/mol. The molecule has 0 bridgehead atoms. The highest BCUT2D eigenvalue weighted by Crippen LogP contribution is 2.43. The maximum atomic E-state index is 2.32. The summed E-state index contributed by atoms with van der Waals surface area (Å²) in [4.78, 5) is 0. The van der Waals surface area contributed by atoms with E-state index in [0.717, 1.165) is 6.42 Å². The molecular formula is C36H40. The van der Waals surface area contributed by atoms with Crippen LogP contribution in [0.25, 0.3) is 11.1 Å². The summed E-state index contributed by atoms with van der Waals surface area (Å²) in [5.74, 6) is 0.333. The van der Waals surface area contributed by atoms with Crippen LogP contribution in [0.1, 0.15) is 86.5 Å². The molecule has 36 heavy (non-hydrogen) atoms. The molecule has 0 aliphatic heterocycles. The maximum absolute atomic E-state index is 2.32. The molecule has 0 N–H and O–H groups in total. The van der Waals surface area contributed by atoms with Crippen molar-refractivity contribution in [3.8, 4) is 0 Å². The zero-order valence-corrected chi connectivity index (χ0v) is 21.8. The Morgan fingerprint density at radius 2 is 0.889 bits per heavy atom. The molecule has 0 aliphatic carbocycles. The molecular weight excluding hydrogens is 432 g/mol. The number of hydrogen-bond donors (Lipinski definition) is 0. The van der Waals surface area contributed by atoms with Crippen LogP contribution < -0.4 is 0 Å². The average molecular weight is 473 g/mol. The summed E-state index contributed by atoms with van der Waals surface area (Å²) < 4.78 is 0. The van der Waals surface area contributed by atoms with Gasteiger partial charge in [0.05, 0.1) is 0 Å². The zero-order valence-electron chi connectivity index (χ0n) is 21.8. The Morgan fingerprint density at radius 1 is 0.472 bits per heavy atom. The van der Waals surface area contributed by atoms with E-state index < -0.39 is 0 Å². The Balaban J connectivity index is 1.81. The van der Waals surface area contributed by atoms with Crippen LogP contribution in [0.4, 0.5) is 0 Å². The minimum atomic E-state index is 0.333. The van der Waals surface area contributed by atoms with Crippen LogP contribution in [0, 0.1) is 0 Å². The summed E-state index contributed by atoms with van der Waals surface area (Å²) in [6.45, 7) is 2.29. The van der Waals surface area contributed by atoms with Crippen molar-refractivity contribution in [2.75, 3.05) is 0 Å². The second-order valence-electron chi connectivity index (χ2n) is 9.76. The Hall–Kier alpha value is -3.38. The number of allylic oxidation sites excluding steroid dienone is 1. The molecule has 0 radical (unpaired) electrons. The van der Waals surface area contributed by atoms with E-state index in [-0.39, 0.29) is 0 Å². The maximum Gasteiger partial charge on any atom is 0.0102 e. The predicted octanol–water partition coefficient (Wildman–Crippen LogP) is 10.6. The lowest BCUT2D eigenvalue weighted by Gasteiger charge is -2.26. The Morgan fingerprint density at radius 3 is 1.39 bits per heavy atom. The Kier molecular flexibility index (Phi) is 10.2. The number of hydrogen-bond acceptors (Lipinski definition) is 0.